The fraction of sp³-hybridized carbons (Fsp3) is 0.0588. The number of pyridine rings is 1. The lowest BCUT2D eigenvalue weighted by Crippen LogP contribution is -2.17. The average Bonchev–Trinajstić information content (AvgIpc) is 2.53. The number of fused-ring (bicyclic) bond motifs is 1. The smallest absolute Gasteiger partial charge is 0.340 e. The molecule has 0 atom stereocenters. The van der Waals surface area contributed by atoms with Gasteiger partial charge in [-0.05, 0) is 36.8 Å². The maximum Gasteiger partial charge on any atom is 0.340 e. The molecule has 0 aliphatic carbocycles. The van der Waals surface area contributed by atoms with E-state index in [2.05, 4.69) is 9.71 Å². The number of aromatic carboxylic acids is 1. The third-order valence-corrected chi connectivity index (χ3v) is 4.97. The first-order chi connectivity index (χ1) is 11.8. The maximum absolute atomic E-state index is 13.7. The quantitative estimate of drug-likeness (QED) is 0.745. The van der Waals surface area contributed by atoms with Crippen LogP contribution in [0.1, 0.15) is 15.9 Å². The van der Waals surface area contributed by atoms with Gasteiger partial charge in [0.25, 0.3) is 10.0 Å². The Morgan fingerprint density at radius 3 is 2.64 bits per heavy atom. The Balaban J connectivity index is 2.14. The van der Waals surface area contributed by atoms with Crippen LogP contribution < -0.4 is 4.72 Å². The van der Waals surface area contributed by atoms with Gasteiger partial charge in [-0.3, -0.25) is 9.71 Å². The third kappa shape index (κ3) is 3.16. The number of nitrogens with zero attached hydrogens (tertiary/aromatic N) is 1. The summed E-state index contributed by atoms with van der Waals surface area (Å²) in [6.07, 6.45) is 1.53. The van der Waals surface area contributed by atoms with E-state index in [0.29, 0.717) is 5.39 Å². The summed E-state index contributed by atoms with van der Waals surface area (Å²) in [4.78, 5) is 15.3. The molecule has 0 spiro atoms. The van der Waals surface area contributed by atoms with Gasteiger partial charge in [-0.2, -0.15) is 0 Å². The van der Waals surface area contributed by atoms with Crippen molar-refractivity contribution in [3.05, 3.63) is 65.6 Å². The molecule has 128 valence electrons. The van der Waals surface area contributed by atoms with Crippen LogP contribution in [0.25, 0.3) is 10.9 Å². The van der Waals surface area contributed by atoms with Crippen LogP contribution in [0.2, 0.25) is 0 Å². The van der Waals surface area contributed by atoms with Crippen molar-refractivity contribution < 1.29 is 22.7 Å². The van der Waals surface area contributed by atoms with Crippen molar-refractivity contribution in [2.75, 3.05) is 4.72 Å². The number of carboxylic acids is 1. The summed E-state index contributed by atoms with van der Waals surface area (Å²) in [5.41, 5.74) is 0.0221. The summed E-state index contributed by atoms with van der Waals surface area (Å²) in [5, 5.41) is 9.75. The molecule has 25 heavy (non-hydrogen) atoms. The first-order valence-corrected chi connectivity index (χ1v) is 8.68. The number of hydrogen-bond donors (Lipinski definition) is 2. The van der Waals surface area contributed by atoms with Gasteiger partial charge in [0, 0.05) is 11.6 Å². The molecule has 0 amide bonds. The van der Waals surface area contributed by atoms with E-state index in [-0.39, 0.29) is 16.1 Å². The molecule has 0 unspecified atom stereocenters. The first-order valence-electron chi connectivity index (χ1n) is 7.19. The molecular weight excluding hydrogens is 347 g/mol. The predicted octanol–water partition coefficient (Wildman–Crippen LogP) is 3.18. The van der Waals surface area contributed by atoms with E-state index in [0.717, 1.165) is 11.6 Å². The molecule has 0 saturated carbocycles. The standard InChI is InChI=1S/C17H13FN2O4S/c1-10-8-11-4-2-7-14(16(11)19-9-10)25(23,24)20-13-6-3-5-12(18)15(13)17(21)22/h2-9,20H,1H3,(H,21,22). The zero-order chi connectivity index (χ0) is 18.2. The maximum atomic E-state index is 13.7. The number of halogens is 1. The van der Waals surface area contributed by atoms with Crippen molar-refractivity contribution in [2.24, 2.45) is 0 Å². The van der Waals surface area contributed by atoms with E-state index in [1.807, 2.05) is 6.92 Å². The Bertz CT molecular complexity index is 1100. The molecule has 8 heteroatoms. The number of benzene rings is 2. The Hall–Kier alpha value is -3.00. The molecule has 3 aromatic rings. The lowest BCUT2D eigenvalue weighted by molar-refractivity contribution is 0.0693. The topological polar surface area (TPSA) is 96.4 Å². The highest BCUT2D eigenvalue weighted by molar-refractivity contribution is 7.93. The fourth-order valence-corrected chi connectivity index (χ4v) is 3.74. The number of anilines is 1. The highest BCUT2D eigenvalue weighted by Crippen LogP contribution is 2.26. The Morgan fingerprint density at radius 2 is 1.92 bits per heavy atom. The SMILES string of the molecule is Cc1cnc2c(S(=O)(=O)Nc3cccc(F)c3C(=O)O)cccc2c1. The van der Waals surface area contributed by atoms with E-state index in [1.54, 1.807) is 18.2 Å². The lowest BCUT2D eigenvalue weighted by Gasteiger charge is -2.12. The highest BCUT2D eigenvalue weighted by Gasteiger charge is 2.23. The predicted molar refractivity (Wildman–Crippen MR) is 90.6 cm³/mol. The number of sulfonamides is 1. The summed E-state index contributed by atoms with van der Waals surface area (Å²) < 4.78 is 41.3. The first kappa shape index (κ1) is 16.8. The second-order valence-electron chi connectivity index (χ2n) is 5.41. The lowest BCUT2D eigenvalue weighted by atomic mass is 10.2. The van der Waals surface area contributed by atoms with Gasteiger partial charge in [0.1, 0.15) is 16.3 Å². The monoisotopic (exact) mass is 360 g/mol. The molecule has 2 N–H and O–H groups in total. The minimum atomic E-state index is -4.17. The Kier molecular flexibility index (Phi) is 4.13. The normalized spacial score (nSPS) is 11.4. The summed E-state index contributed by atoms with van der Waals surface area (Å²) in [6.45, 7) is 1.83. The van der Waals surface area contributed by atoms with Gasteiger partial charge in [0.05, 0.1) is 11.2 Å². The van der Waals surface area contributed by atoms with Gasteiger partial charge >= 0.3 is 5.97 Å². The van der Waals surface area contributed by atoms with Gasteiger partial charge in [-0.15, -0.1) is 0 Å². The number of aromatic nitrogens is 1. The van der Waals surface area contributed by atoms with E-state index >= 15 is 0 Å². The molecule has 0 fully saturated rings. The van der Waals surface area contributed by atoms with Crippen LogP contribution in [-0.2, 0) is 10.0 Å². The number of carboxylic acid groups (broad SMARTS) is 1. The van der Waals surface area contributed by atoms with Crippen LogP contribution in [0, 0.1) is 12.7 Å². The number of hydrogen-bond acceptors (Lipinski definition) is 4. The van der Waals surface area contributed by atoms with Crippen molar-refractivity contribution in [3.63, 3.8) is 0 Å². The van der Waals surface area contributed by atoms with E-state index in [1.165, 1.54) is 24.4 Å². The molecule has 0 bridgehead atoms. The molecule has 0 aliphatic heterocycles. The zero-order valence-corrected chi connectivity index (χ0v) is 13.8. The largest absolute Gasteiger partial charge is 0.478 e. The second-order valence-corrected chi connectivity index (χ2v) is 7.06. The van der Waals surface area contributed by atoms with Crippen molar-refractivity contribution in [1.82, 2.24) is 4.98 Å². The minimum absolute atomic E-state index is 0.120. The molecule has 0 aliphatic rings. The third-order valence-electron chi connectivity index (χ3n) is 3.57. The van der Waals surface area contributed by atoms with Gasteiger partial charge in [-0.25, -0.2) is 17.6 Å². The molecule has 1 aromatic heterocycles. The molecule has 3 rings (SSSR count). The Labute approximate surface area is 143 Å². The van der Waals surface area contributed by atoms with Crippen LogP contribution in [0.3, 0.4) is 0 Å². The van der Waals surface area contributed by atoms with Crippen molar-refractivity contribution in [2.45, 2.75) is 11.8 Å². The summed E-state index contributed by atoms with van der Waals surface area (Å²) in [7, 11) is -4.17. The summed E-state index contributed by atoms with van der Waals surface area (Å²) in [5.74, 6) is -2.60. The van der Waals surface area contributed by atoms with Gasteiger partial charge in [0.15, 0.2) is 0 Å². The average molecular weight is 360 g/mol. The van der Waals surface area contributed by atoms with Gasteiger partial charge < -0.3 is 5.11 Å². The second kappa shape index (κ2) is 6.14. The minimum Gasteiger partial charge on any atom is -0.478 e. The van der Waals surface area contributed by atoms with Crippen molar-refractivity contribution in [3.8, 4) is 0 Å². The number of rotatable bonds is 4. The van der Waals surface area contributed by atoms with Crippen molar-refractivity contribution in [1.29, 1.82) is 0 Å². The van der Waals surface area contributed by atoms with Crippen LogP contribution >= 0.6 is 0 Å². The molecule has 2 aromatic carbocycles. The fourth-order valence-electron chi connectivity index (χ4n) is 2.49. The van der Waals surface area contributed by atoms with E-state index in [4.69, 9.17) is 5.11 Å². The van der Waals surface area contributed by atoms with Crippen molar-refractivity contribution >= 4 is 32.6 Å². The molecule has 6 nitrogen and oxygen atoms in total. The van der Waals surface area contributed by atoms with Crippen LogP contribution in [0.4, 0.5) is 10.1 Å². The highest BCUT2D eigenvalue weighted by atomic mass is 32.2. The van der Waals surface area contributed by atoms with E-state index < -0.39 is 27.4 Å². The Morgan fingerprint density at radius 1 is 1.20 bits per heavy atom. The van der Waals surface area contributed by atoms with Crippen LogP contribution in [0.5, 0.6) is 0 Å². The number of aryl methyl sites for hydroxylation is 1. The summed E-state index contributed by atoms with van der Waals surface area (Å²) in [6, 6.07) is 9.78. The molecule has 0 saturated heterocycles. The van der Waals surface area contributed by atoms with Crippen LogP contribution in [-0.4, -0.2) is 24.5 Å². The molecule has 1 heterocycles. The number of carbonyl (C=O) groups is 1. The number of nitrogens with one attached hydrogen (secondary N) is 1. The van der Waals surface area contributed by atoms with Gasteiger partial charge in [0.2, 0.25) is 0 Å². The van der Waals surface area contributed by atoms with E-state index in [9.17, 15) is 17.6 Å². The summed E-state index contributed by atoms with van der Waals surface area (Å²) >= 11 is 0. The van der Waals surface area contributed by atoms with Gasteiger partial charge in [-0.1, -0.05) is 18.2 Å². The van der Waals surface area contributed by atoms with Crippen LogP contribution in [0.15, 0.2) is 53.6 Å². The molecular formula is C17H13FN2O4S. The number of para-hydroxylation sites is 1. The molecule has 0 radical (unpaired) electrons. The zero-order valence-electron chi connectivity index (χ0n) is 13.0.